The Morgan fingerprint density at radius 2 is 0.935 bits per heavy atom. The molecule has 2 fully saturated rings. The van der Waals surface area contributed by atoms with Gasteiger partial charge in [0, 0.05) is 0 Å². The predicted octanol–water partition coefficient (Wildman–Crippen LogP) is 10.0. The maximum Gasteiger partial charge on any atom is 0.340 e. The highest BCUT2D eigenvalue weighted by molar-refractivity contribution is 5.75. The number of carbonyl (C=O) groups is 2. The molecule has 3 rings (SSSR count). The van der Waals surface area contributed by atoms with Crippen LogP contribution in [0.3, 0.4) is 0 Å². The van der Waals surface area contributed by atoms with Gasteiger partial charge in [0.1, 0.15) is 23.7 Å². The topological polar surface area (TPSA) is 71.1 Å². The Morgan fingerprint density at radius 3 is 1.28 bits per heavy atom. The van der Waals surface area contributed by atoms with Crippen molar-refractivity contribution in [3.63, 3.8) is 0 Å². The molecule has 0 unspecified atom stereocenters. The van der Waals surface area contributed by atoms with E-state index in [0.717, 1.165) is 127 Å². The molecule has 2 aliphatic rings. The molecular weight excluding hydrogens is 590 g/mol. The largest absolute Gasteiger partial charge is 0.493 e. The molecule has 262 valence electrons. The maximum atomic E-state index is 14.2. The summed E-state index contributed by atoms with van der Waals surface area (Å²) in [6.45, 7) is 5.48. The first-order chi connectivity index (χ1) is 22.4. The third-order valence-corrected chi connectivity index (χ3v) is 9.58. The summed E-state index contributed by atoms with van der Waals surface area (Å²) in [5.41, 5.74) is 0. The van der Waals surface area contributed by atoms with Gasteiger partial charge in [0.15, 0.2) is 12.3 Å². The SMILES string of the molecule is CCCCCCC[C@@H](F)C(=O)OC1CCC(COc2ccc(OCC3CCC(OC(=O)[C@H](F)CCCCCCC)CC3)cc2)CC1. The summed E-state index contributed by atoms with van der Waals surface area (Å²) >= 11 is 0. The van der Waals surface area contributed by atoms with E-state index >= 15 is 0 Å². The van der Waals surface area contributed by atoms with Crippen LogP contribution in [0.2, 0.25) is 0 Å². The lowest BCUT2D eigenvalue weighted by Crippen LogP contribution is -2.30. The molecule has 0 radical (unpaired) electrons. The second-order valence-electron chi connectivity index (χ2n) is 13.6. The van der Waals surface area contributed by atoms with Crippen LogP contribution < -0.4 is 9.47 Å². The lowest BCUT2D eigenvalue weighted by molar-refractivity contribution is -0.158. The Bertz CT molecular complexity index is 879. The van der Waals surface area contributed by atoms with Crippen molar-refractivity contribution in [2.75, 3.05) is 13.2 Å². The lowest BCUT2D eigenvalue weighted by Gasteiger charge is -2.29. The van der Waals surface area contributed by atoms with Gasteiger partial charge >= 0.3 is 11.9 Å². The summed E-state index contributed by atoms with van der Waals surface area (Å²) in [7, 11) is 0. The first-order valence-corrected chi connectivity index (χ1v) is 18.4. The minimum absolute atomic E-state index is 0.194. The van der Waals surface area contributed by atoms with Crippen LogP contribution in [0, 0.1) is 11.8 Å². The molecule has 0 heterocycles. The molecule has 0 aliphatic heterocycles. The van der Waals surface area contributed by atoms with Crippen LogP contribution in [0.1, 0.15) is 142 Å². The van der Waals surface area contributed by atoms with E-state index in [1.54, 1.807) is 0 Å². The van der Waals surface area contributed by atoms with Crippen LogP contribution in [-0.2, 0) is 19.1 Å². The highest BCUT2D eigenvalue weighted by Gasteiger charge is 2.29. The smallest absolute Gasteiger partial charge is 0.340 e. The molecule has 8 heteroatoms. The van der Waals surface area contributed by atoms with Crippen molar-refractivity contribution in [3.8, 4) is 11.5 Å². The van der Waals surface area contributed by atoms with Gasteiger partial charge < -0.3 is 18.9 Å². The van der Waals surface area contributed by atoms with Gasteiger partial charge in [-0.3, -0.25) is 0 Å². The van der Waals surface area contributed by atoms with Gasteiger partial charge in [-0.15, -0.1) is 0 Å². The summed E-state index contributed by atoms with van der Waals surface area (Å²) in [4.78, 5) is 24.3. The second kappa shape index (κ2) is 22.2. The average molecular weight is 651 g/mol. The Balaban J connectivity index is 1.23. The predicted molar refractivity (Wildman–Crippen MR) is 178 cm³/mol. The van der Waals surface area contributed by atoms with Gasteiger partial charge in [0.05, 0.1) is 13.2 Å². The number of unbranched alkanes of at least 4 members (excludes halogenated alkanes) is 8. The van der Waals surface area contributed by atoms with E-state index in [9.17, 15) is 18.4 Å². The van der Waals surface area contributed by atoms with Gasteiger partial charge in [0.25, 0.3) is 0 Å². The average Bonchev–Trinajstić information content (AvgIpc) is 3.07. The number of hydrogen-bond acceptors (Lipinski definition) is 6. The summed E-state index contributed by atoms with van der Waals surface area (Å²) < 4.78 is 51.4. The maximum absolute atomic E-state index is 14.2. The lowest BCUT2D eigenvalue weighted by atomic mass is 9.88. The number of esters is 2. The molecule has 2 aliphatic carbocycles. The quantitative estimate of drug-likeness (QED) is 0.0919. The van der Waals surface area contributed by atoms with Crippen LogP contribution >= 0.6 is 0 Å². The van der Waals surface area contributed by atoms with Crippen molar-refractivity contribution in [1.82, 2.24) is 0 Å². The van der Waals surface area contributed by atoms with E-state index in [2.05, 4.69) is 13.8 Å². The normalized spacial score (nSPS) is 22.9. The molecule has 2 saturated carbocycles. The van der Waals surface area contributed by atoms with Crippen molar-refractivity contribution < 1.29 is 37.3 Å². The summed E-state index contributed by atoms with van der Waals surface area (Å²) in [6, 6.07) is 7.67. The minimum atomic E-state index is -1.51. The first kappa shape index (κ1) is 38.1. The molecule has 0 N–H and O–H groups in total. The standard InChI is InChI=1S/C38H60F2O6/c1-3-5-7-9-11-13-35(39)37(41)45-33-19-15-29(16-20-33)27-43-31-23-25-32(26-24-31)44-28-30-17-21-34(22-18-30)46-38(42)36(40)14-12-10-8-6-4-2/h23-26,29-30,33-36H,3-22,27-28H2,1-2H3/t29?,30?,33?,34?,35-,36-/m1/s1. The van der Waals surface area contributed by atoms with Crippen molar-refractivity contribution >= 4 is 11.9 Å². The van der Waals surface area contributed by atoms with Crippen LogP contribution in [0.15, 0.2) is 24.3 Å². The van der Waals surface area contributed by atoms with Crippen molar-refractivity contribution in [2.45, 2.75) is 167 Å². The summed E-state index contributed by atoms with van der Waals surface area (Å²) in [5.74, 6) is 0.948. The molecule has 0 aromatic heterocycles. The molecule has 46 heavy (non-hydrogen) atoms. The van der Waals surface area contributed by atoms with Crippen LogP contribution in [0.25, 0.3) is 0 Å². The van der Waals surface area contributed by atoms with E-state index in [4.69, 9.17) is 18.9 Å². The van der Waals surface area contributed by atoms with Gasteiger partial charge in [-0.05, 0) is 113 Å². The highest BCUT2D eigenvalue weighted by atomic mass is 19.1. The zero-order chi connectivity index (χ0) is 33.0. The number of hydrogen-bond donors (Lipinski definition) is 0. The number of benzene rings is 1. The van der Waals surface area contributed by atoms with Gasteiger partial charge in [-0.1, -0.05) is 65.2 Å². The van der Waals surface area contributed by atoms with Crippen LogP contribution in [-0.4, -0.2) is 49.7 Å². The van der Waals surface area contributed by atoms with E-state index in [1.165, 1.54) is 0 Å². The molecule has 1 aromatic rings. The Labute approximate surface area is 276 Å². The second-order valence-corrected chi connectivity index (χ2v) is 13.6. The molecule has 1 aromatic carbocycles. The number of rotatable bonds is 22. The molecule has 0 bridgehead atoms. The van der Waals surface area contributed by atoms with Crippen LogP contribution in [0.5, 0.6) is 11.5 Å². The van der Waals surface area contributed by atoms with E-state index in [-0.39, 0.29) is 25.0 Å². The summed E-state index contributed by atoms with van der Waals surface area (Å²) in [6.07, 6.45) is 13.9. The highest BCUT2D eigenvalue weighted by Crippen LogP contribution is 2.30. The fourth-order valence-electron chi connectivity index (χ4n) is 6.46. The molecular formula is C38H60F2O6. The van der Waals surface area contributed by atoms with Gasteiger partial charge in [-0.2, -0.15) is 0 Å². The zero-order valence-electron chi connectivity index (χ0n) is 28.5. The van der Waals surface area contributed by atoms with Crippen molar-refractivity contribution in [1.29, 1.82) is 0 Å². The monoisotopic (exact) mass is 650 g/mol. The third kappa shape index (κ3) is 15.0. The van der Waals surface area contributed by atoms with Gasteiger partial charge in [-0.25, -0.2) is 18.4 Å². The molecule has 2 atom stereocenters. The van der Waals surface area contributed by atoms with Crippen LogP contribution in [0.4, 0.5) is 8.78 Å². The first-order valence-electron chi connectivity index (χ1n) is 18.4. The number of halogens is 2. The zero-order valence-corrected chi connectivity index (χ0v) is 28.5. The molecule has 0 spiro atoms. The molecule has 0 amide bonds. The Hall–Kier alpha value is -2.38. The van der Waals surface area contributed by atoms with E-state index < -0.39 is 24.3 Å². The van der Waals surface area contributed by atoms with E-state index in [0.29, 0.717) is 25.0 Å². The molecule has 0 saturated heterocycles. The van der Waals surface area contributed by atoms with Gasteiger partial charge in [0.2, 0.25) is 0 Å². The fourth-order valence-corrected chi connectivity index (χ4v) is 6.46. The Morgan fingerprint density at radius 1 is 0.587 bits per heavy atom. The number of alkyl halides is 2. The fraction of sp³-hybridized carbons (Fsp3) is 0.789. The van der Waals surface area contributed by atoms with Crippen molar-refractivity contribution in [2.24, 2.45) is 11.8 Å². The summed E-state index contributed by atoms with van der Waals surface area (Å²) in [5, 5.41) is 0. The Kier molecular flexibility index (Phi) is 18.4. The minimum Gasteiger partial charge on any atom is -0.493 e. The number of carbonyl (C=O) groups excluding carboxylic acids is 2. The van der Waals surface area contributed by atoms with Crippen molar-refractivity contribution in [3.05, 3.63) is 24.3 Å². The third-order valence-electron chi connectivity index (χ3n) is 9.58. The van der Waals surface area contributed by atoms with E-state index in [1.807, 2.05) is 24.3 Å². The number of ether oxygens (including phenoxy) is 4. The molecule has 6 nitrogen and oxygen atoms in total.